The Hall–Kier alpha value is -3.91. The van der Waals surface area contributed by atoms with Crippen LogP contribution >= 0.6 is 0 Å². The molecule has 0 aliphatic rings. The Kier molecular flexibility index (Phi) is 4.61. The van der Waals surface area contributed by atoms with Crippen LogP contribution in [0.25, 0.3) is 29.1 Å². The zero-order valence-electron chi connectivity index (χ0n) is 15.4. The lowest BCUT2D eigenvalue weighted by Crippen LogP contribution is -2.21. The summed E-state index contributed by atoms with van der Waals surface area (Å²) in [7, 11) is 0. The molecular formula is C23H18N4O. The van der Waals surface area contributed by atoms with Crippen molar-refractivity contribution in [1.82, 2.24) is 14.6 Å². The van der Waals surface area contributed by atoms with Crippen molar-refractivity contribution in [3.05, 3.63) is 93.4 Å². The number of hydrogen-bond donors (Lipinski definition) is 1. The number of hydrogen-bond acceptors (Lipinski definition) is 3. The molecule has 2 heterocycles. The van der Waals surface area contributed by atoms with Crippen molar-refractivity contribution in [2.24, 2.45) is 0 Å². The van der Waals surface area contributed by atoms with E-state index in [1.807, 2.05) is 73.7 Å². The van der Waals surface area contributed by atoms with Gasteiger partial charge in [0, 0.05) is 17.3 Å². The molecular weight excluding hydrogens is 348 g/mol. The van der Waals surface area contributed by atoms with Gasteiger partial charge in [-0.15, -0.1) is 0 Å². The number of nitrogens with zero attached hydrogens (tertiary/aromatic N) is 3. The molecule has 0 amide bonds. The fourth-order valence-corrected chi connectivity index (χ4v) is 3.24. The highest BCUT2D eigenvalue weighted by Crippen LogP contribution is 2.23. The Morgan fingerprint density at radius 3 is 2.61 bits per heavy atom. The molecule has 0 fully saturated rings. The molecule has 0 spiro atoms. The average Bonchev–Trinajstić information content (AvgIpc) is 3.16. The molecule has 0 saturated heterocycles. The third-order valence-electron chi connectivity index (χ3n) is 4.66. The summed E-state index contributed by atoms with van der Waals surface area (Å²) in [5.74, 6) is 0. The molecule has 4 aromatic rings. The minimum Gasteiger partial charge on any atom is -0.295 e. The number of fused-ring (bicyclic) bond motifs is 1. The highest BCUT2D eigenvalue weighted by molar-refractivity contribution is 5.74. The third kappa shape index (κ3) is 3.12. The predicted molar refractivity (Wildman–Crippen MR) is 111 cm³/mol. The van der Waals surface area contributed by atoms with Crippen LogP contribution in [0.1, 0.15) is 29.2 Å². The van der Waals surface area contributed by atoms with Crippen molar-refractivity contribution in [1.29, 1.82) is 5.26 Å². The van der Waals surface area contributed by atoms with Crippen LogP contribution < -0.4 is 5.56 Å². The molecule has 4 rings (SSSR count). The van der Waals surface area contributed by atoms with Crippen LogP contribution in [0, 0.1) is 11.3 Å². The fourth-order valence-electron chi connectivity index (χ4n) is 3.24. The molecule has 1 N–H and O–H groups in total. The van der Waals surface area contributed by atoms with Gasteiger partial charge in [-0.3, -0.25) is 9.89 Å². The quantitative estimate of drug-likeness (QED) is 0.547. The second-order valence-corrected chi connectivity index (χ2v) is 6.43. The van der Waals surface area contributed by atoms with E-state index in [1.165, 1.54) is 10.7 Å². The largest absolute Gasteiger partial charge is 0.295 e. The molecule has 0 unspecified atom stereocenters. The van der Waals surface area contributed by atoms with E-state index >= 15 is 0 Å². The number of benzene rings is 2. The average molecular weight is 366 g/mol. The number of rotatable bonds is 4. The summed E-state index contributed by atoms with van der Waals surface area (Å²) < 4.78 is 1.33. The van der Waals surface area contributed by atoms with Crippen LogP contribution in [0.5, 0.6) is 0 Å². The maximum atomic E-state index is 12.8. The molecule has 2 aromatic heterocycles. The van der Waals surface area contributed by atoms with Gasteiger partial charge < -0.3 is 0 Å². The van der Waals surface area contributed by atoms with Crippen LogP contribution in [0.3, 0.4) is 0 Å². The number of aromatic nitrogens is 3. The van der Waals surface area contributed by atoms with E-state index in [1.54, 1.807) is 0 Å². The van der Waals surface area contributed by atoms with Crippen molar-refractivity contribution in [2.75, 3.05) is 0 Å². The van der Waals surface area contributed by atoms with Crippen molar-refractivity contribution in [2.45, 2.75) is 13.3 Å². The van der Waals surface area contributed by atoms with E-state index in [0.29, 0.717) is 28.9 Å². The normalized spacial score (nSPS) is 11.1. The Bertz CT molecular complexity index is 1270. The molecule has 2 aromatic carbocycles. The Balaban J connectivity index is 1.83. The van der Waals surface area contributed by atoms with Gasteiger partial charge >= 0.3 is 0 Å². The third-order valence-corrected chi connectivity index (χ3v) is 4.66. The first-order valence-corrected chi connectivity index (χ1v) is 9.08. The van der Waals surface area contributed by atoms with Gasteiger partial charge in [0.25, 0.3) is 5.56 Å². The van der Waals surface area contributed by atoms with Crippen molar-refractivity contribution in [3.8, 4) is 17.3 Å². The second kappa shape index (κ2) is 7.37. The zero-order chi connectivity index (χ0) is 19.5. The first-order chi connectivity index (χ1) is 13.7. The molecule has 5 heteroatoms. The SMILES string of the molecule is CCc1c(-c2cccc(/C=C/c3ccccc3)c2)nc2c(C#N)c[nH]n2c1=O. The van der Waals surface area contributed by atoms with Crippen LogP contribution in [-0.4, -0.2) is 14.6 Å². The molecule has 0 aliphatic carbocycles. The Morgan fingerprint density at radius 1 is 1.11 bits per heavy atom. The number of aromatic amines is 1. The highest BCUT2D eigenvalue weighted by atomic mass is 16.1. The summed E-state index contributed by atoms with van der Waals surface area (Å²) in [6.45, 7) is 1.93. The highest BCUT2D eigenvalue weighted by Gasteiger charge is 2.16. The predicted octanol–water partition coefficient (Wildman–Crippen LogP) is 4.29. The number of nitrogens with one attached hydrogen (secondary N) is 1. The zero-order valence-corrected chi connectivity index (χ0v) is 15.4. The van der Waals surface area contributed by atoms with Gasteiger partial charge in [0.15, 0.2) is 5.65 Å². The lowest BCUT2D eigenvalue weighted by molar-refractivity contribution is 0.870. The van der Waals surface area contributed by atoms with Gasteiger partial charge in [-0.2, -0.15) is 5.26 Å². The smallest absolute Gasteiger partial charge is 0.276 e. The fraction of sp³-hybridized carbons (Fsp3) is 0.0870. The summed E-state index contributed by atoms with van der Waals surface area (Å²) >= 11 is 0. The number of nitriles is 1. The molecule has 0 atom stereocenters. The van der Waals surface area contributed by atoms with Crippen LogP contribution in [0.4, 0.5) is 0 Å². The van der Waals surface area contributed by atoms with Crippen LogP contribution in [-0.2, 0) is 6.42 Å². The lowest BCUT2D eigenvalue weighted by atomic mass is 10.0. The molecule has 0 saturated carbocycles. The van der Waals surface area contributed by atoms with Crippen molar-refractivity contribution >= 4 is 17.8 Å². The molecule has 0 radical (unpaired) electrons. The van der Waals surface area contributed by atoms with Gasteiger partial charge in [0.2, 0.25) is 0 Å². The summed E-state index contributed by atoms with van der Waals surface area (Å²) in [4.78, 5) is 17.5. The lowest BCUT2D eigenvalue weighted by Gasteiger charge is -2.08. The van der Waals surface area contributed by atoms with Crippen LogP contribution in [0.15, 0.2) is 65.6 Å². The minimum atomic E-state index is -0.172. The topological polar surface area (TPSA) is 73.9 Å². The summed E-state index contributed by atoms with van der Waals surface area (Å²) in [6.07, 6.45) is 6.14. The van der Waals surface area contributed by atoms with Gasteiger partial charge in [0.05, 0.1) is 5.69 Å². The molecule has 136 valence electrons. The minimum absolute atomic E-state index is 0.172. The molecule has 0 bridgehead atoms. The summed E-state index contributed by atoms with van der Waals surface area (Å²) in [5, 5.41) is 12.1. The van der Waals surface area contributed by atoms with E-state index in [0.717, 1.165) is 16.7 Å². The Labute approximate surface area is 162 Å². The maximum Gasteiger partial charge on any atom is 0.276 e. The summed E-state index contributed by atoms with van der Waals surface area (Å²) in [5.41, 5.74) is 4.76. The van der Waals surface area contributed by atoms with Gasteiger partial charge in [-0.05, 0) is 23.6 Å². The van der Waals surface area contributed by atoms with E-state index in [2.05, 4.69) is 16.2 Å². The standard InChI is InChI=1S/C23H18N4O/c1-2-20-21(26-22-19(14-24)15-25-27(22)23(20)28)18-10-6-9-17(13-18)12-11-16-7-4-3-5-8-16/h3-13,15,25H,2H2,1H3/b12-11+. The second-order valence-electron chi connectivity index (χ2n) is 6.43. The molecule has 5 nitrogen and oxygen atoms in total. The maximum absolute atomic E-state index is 12.8. The number of H-pyrrole nitrogens is 1. The van der Waals surface area contributed by atoms with E-state index in [4.69, 9.17) is 0 Å². The van der Waals surface area contributed by atoms with Gasteiger partial charge in [-0.1, -0.05) is 67.6 Å². The van der Waals surface area contributed by atoms with E-state index in [-0.39, 0.29) is 5.56 Å². The van der Waals surface area contributed by atoms with E-state index in [9.17, 15) is 10.1 Å². The van der Waals surface area contributed by atoms with E-state index < -0.39 is 0 Å². The van der Waals surface area contributed by atoms with Gasteiger partial charge in [-0.25, -0.2) is 9.50 Å². The van der Waals surface area contributed by atoms with Gasteiger partial charge in [0.1, 0.15) is 11.6 Å². The Morgan fingerprint density at radius 2 is 1.86 bits per heavy atom. The monoisotopic (exact) mass is 366 g/mol. The van der Waals surface area contributed by atoms with Crippen molar-refractivity contribution in [3.63, 3.8) is 0 Å². The molecule has 28 heavy (non-hydrogen) atoms. The van der Waals surface area contributed by atoms with Crippen molar-refractivity contribution < 1.29 is 0 Å². The summed E-state index contributed by atoms with van der Waals surface area (Å²) in [6, 6.07) is 20.1. The van der Waals surface area contributed by atoms with Crippen LogP contribution in [0.2, 0.25) is 0 Å². The first-order valence-electron chi connectivity index (χ1n) is 9.08. The molecule has 0 aliphatic heterocycles. The first kappa shape index (κ1) is 17.5.